The molecule has 134 valence electrons. The normalized spacial score (nSPS) is 11.4. The zero-order valence-corrected chi connectivity index (χ0v) is 13.9. The minimum atomic E-state index is -4.52. The summed E-state index contributed by atoms with van der Waals surface area (Å²) in [4.78, 5) is 16.3. The molecule has 2 aromatic carbocycles. The average molecular weight is 381 g/mol. The van der Waals surface area contributed by atoms with Gasteiger partial charge in [0.1, 0.15) is 6.33 Å². The molecule has 1 N–H and O–H groups in total. The summed E-state index contributed by atoms with van der Waals surface area (Å²) in [6, 6.07) is 12.0. The van der Waals surface area contributed by atoms with E-state index in [-0.39, 0.29) is 23.0 Å². The average Bonchev–Trinajstić information content (AvgIpc) is 3.09. The van der Waals surface area contributed by atoms with Gasteiger partial charge in [-0.2, -0.15) is 18.3 Å². The highest BCUT2D eigenvalue weighted by Gasteiger charge is 2.31. The largest absolute Gasteiger partial charge is 0.416 e. The quantitative estimate of drug-likeness (QED) is 0.747. The van der Waals surface area contributed by atoms with Crippen LogP contribution in [0.25, 0.3) is 5.69 Å². The van der Waals surface area contributed by atoms with Gasteiger partial charge in [-0.1, -0.05) is 29.8 Å². The number of alkyl halides is 3. The Bertz CT molecular complexity index is 925. The van der Waals surface area contributed by atoms with Gasteiger partial charge in [0.05, 0.1) is 11.3 Å². The smallest absolute Gasteiger partial charge is 0.345 e. The van der Waals surface area contributed by atoms with Crippen molar-refractivity contribution in [3.63, 3.8) is 0 Å². The molecular weight excluding hydrogens is 369 g/mol. The fraction of sp³-hybridized carbons (Fsp3) is 0.118. The lowest BCUT2D eigenvalue weighted by Gasteiger charge is -2.11. The van der Waals surface area contributed by atoms with Crippen molar-refractivity contribution >= 4 is 17.5 Å². The van der Waals surface area contributed by atoms with Gasteiger partial charge in [-0.25, -0.2) is 9.67 Å². The van der Waals surface area contributed by atoms with Crippen LogP contribution in [0.2, 0.25) is 5.02 Å². The lowest BCUT2D eigenvalue weighted by Crippen LogP contribution is -2.26. The first-order chi connectivity index (χ1) is 12.3. The first-order valence-corrected chi connectivity index (χ1v) is 7.83. The molecule has 0 radical (unpaired) electrons. The highest BCUT2D eigenvalue weighted by atomic mass is 35.5. The van der Waals surface area contributed by atoms with Gasteiger partial charge in [-0.3, -0.25) is 4.79 Å². The first kappa shape index (κ1) is 17.9. The predicted octanol–water partition coefficient (Wildman–Crippen LogP) is 3.87. The molecule has 5 nitrogen and oxygen atoms in total. The number of rotatable bonds is 4. The van der Waals surface area contributed by atoms with Crippen LogP contribution in [0.1, 0.15) is 21.7 Å². The fourth-order valence-electron chi connectivity index (χ4n) is 2.33. The first-order valence-electron chi connectivity index (χ1n) is 7.45. The van der Waals surface area contributed by atoms with Crippen molar-refractivity contribution in [3.8, 4) is 5.69 Å². The molecule has 0 aliphatic heterocycles. The molecule has 0 aliphatic carbocycles. The second-order valence-corrected chi connectivity index (χ2v) is 5.80. The van der Waals surface area contributed by atoms with E-state index in [1.54, 1.807) is 24.3 Å². The maximum Gasteiger partial charge on any atom is 0.416 e. The molecule has 0 unspecified atom stereocenters. The van der Waals surface area contributed by atoms with Crippen molar-refractivity contribution in [2.24, 2.45) is 0 Å². The molecule has 0 atom stereocenters. The Balaban J connectivity index is 1.77. The molecule has 0 fully saturated rings. The third kappa shape index (κ3) is 4.02. The van der Waals surface area contributed by atoms with Crippen LogP contribution in [0.5, 0.6) is 0 Å². The van der Waals surface area contributed by atoms with Gasteiger partial charge in [0.25, 0.3) is 5.91 Å². The summed E-state index contributed by atoms with van der Waals surface area (Å²) in [6.07, 6.45) is -3.29. The Morgan fingerprint density at radius 1 is 1.15 bits per heavy atom. The Morgan fingerprint density at radius 2 is 1.88 bits per heavy atom. The zero-order chi connectivity index (χ0) is 18.7. The van der Waals surface area contributed by atoms with E-state index in [4.69, 9.17) is 11.6 Å². The summed E-state index contributed by atoms with van der Waals surface area (Å²) in [7, 11) is 0. The predicted molar refractivity (Wildman–Crippen MR) is 89.0 cm³/mol. The number of nitrogens with zero attached hydrogens (tertiary/aromatic N) is 3. The van der Waals surface area contributed by atoms with Crippen LogP contribution >= 0.6 is 11.6 Å². The molecule has 0 bridgehead atoms. The molecule has 0 spiro atoms. The lowest BCUT2D eigenvalue weighted by atomic mass is 10.1. The number of carbonyl (C=O) groups excluding carboxylic acids is 1. The van der Waals surface area contributed by atoms with Gasteiger partial charge in [0, 0.05) is 11.6 Å². The van der Waals surface area contributed by atoms with Crippen molar-refractivity contribution in [1.82, 2.24) is 20.1 Å². The standard InChI is InChI=1S/C17H12ClF3N4O/c18-13-7-11(6-12(8-13)17(19,20)21)9-22-16(26)15-23-10-24-25(15)14-4-2-1-3-5-14/h1-8,10H,9H2,(H,22,26). The summed E-state index contributed by atoms with van der Waals surface area (Å²) in [6.45, 7) is -0.135. The third-order valence-electron chi connectivity index (χ3n) is 3.49. The summed E-state index contributed by atoms with van der Waals surface area (Å²) in [5.74, 6) is -0.547. The van der Waals surface area contributed by atoms with Gasteiger partial charge < -0.3 is 5.32 Å². The van der Waals surface area contributed by atoms with E-state index in [1.165, 1.54) is 17.1 Å². The van der Waals surface area contributed by atoms with Crippen LogP contribution in [0.3, 0.4) is 0 Å². The van der Waals surface area contributed by atoms with Crippen molar-refractivity contribution in [2.45, 2.75) is 12.7 Å². The molecule has 1 amide bonds. The second-order valence-electron chi connectivity index (χ2n) is 5.36. The molecule has 3 aromatic rings. The van der Waals surface area contributed by atoms with E-state index in [9.17, 15) is 18.0 Å². The SMILES string of the molecule is O=C(NCc1cc(Cl)cc(C(F)(F)F)c1)c1ncnn1-c1ccccc1. The van der Waals surface area contributed by atoms with Crippen LogP contribution in [-0.2, 0) is 12.7 Å². The number of aromatic nitrogens is 3. The van der Waals surface area contributed by atoms with Gasteiger partial charge in [-0.15, -0.1) is 0 Å². The molecule has 0 aliphatic rings. The van der Waals surface area contributed by atoms with Crippen LogP contribution in [0, 0.1) is 0 Å². The molecule has 3 rings (SSSR count). The summed E-state index contributed by atoms with van der Waals surface area (Å²) < 4.78 is 39.9. The molecule has 9 heteroatoms. The van der Waals surface area contributed by atoms with E-state index in [0.29, 0.717) is 5.69 Å². The van der Waals surface area contributed by atoms with Gasteiger partial charge in [0.2, 0.25) is 5.82 Å². The number of amides is 1. The molecule has 0 saturated heterocycles. The van der Waals surface area contributed by atoms with Crippen LogP contribution in [-0.4, -0.2) is 20.7 Å². The van der Waals surface area contributed by atoms with Crippen molar-refractivity contribution < 1.29 is 18.0 Å². The fourth-order valence-corrected chi connectivity index (χ4v) is 2.59. The van der Waals surface area contributed by atoms with Crippen molar-refractivity contribution in [2.75, 3.05) is 0 Å². The van der Waals surface area contributed by atoms with Crippen LogP contribution in [0.4, 0.5) is 13.2 Å². The Kier molecular flexibility index (Phi) is 4.94. The van der Waals surface area contributed by atoms with E-state index < -0.39 is 17.6 Å². The lowest BCUT2D eigenvalue weighted by molar-refractivity contribution is -0.137. The Morgan fingerprint density at radius 3 is 2.58 bits per heavy atom. The van der Waals surface area contributed by atoms with E-state index in [1.807, 2.05) is 6.07 Å². The number of para-hydroxylation sites is 1. The maximum absolute atomic E-state index is 12.8. The van der Waals surface area contributed by atoms with E-state index in [0.717, 1.165) is 12.1 Å². The number of carbonyl (C=O) groups is 1. The minimum absolute atomic E-state index is 0.0225. The molecule has 26 heavy (non-hydrogen) atoms. The van der Waals surface area contributed by atoms with E-state index in [2.05, 4.69) is 15.4 Å². The highest BCUT2D eigenvalue weighted by Crippen LogP contribution is 2.31. The Hall–Kier alpha value is -2.87. The molecule has 1 aromatic heterocycles. The number of hydrogen-bond acceptors (Lipinski definition) is 3. The van der Waals surface area contributed by atoms with E-state index >= 15 is 0 Å². The summed E-state index contributed by atoms with van der Waals surface area (Å²) in [5, 5.41) is 6.47. The summed E-state index contributed by atoms with van der Waals surface area (Å²) in [5.41, 5.74) is -0.0112. The van der Waals surface area contributed by atoms with Crippen molar-refractivity contribution in [1.29, 1.82) is 0 Å². The highest BCUT2D eigenvalue weighted by molar-refractivity contribution is 6.30. The van der Waals surface area contributed by atoms with Crippen LogP contribution < -0.4 is 5.32 Å². The summed E-state index contributed by atoms with van der Waals surface area (Å²) >= 11 is 5.74. The topological polar surface area (TPSA) is 59.8 Å². The minimum Gasteiger partial charge on any atom is -0.345 e. The van der Waals surface area contributed by atoms with Gasteiger partial charge in [0.15, 0.2) is 0 Å². The third-order valence-corrected chi connectivity index (χ3v) is 3.71. The Labute approximate surface area is 151 Å². The monoisotopic (exact) mass is 380 g/mol. The van der Waals surface area contributed by atoms with Crippen molar-refractivity contribution in [3.05, 3.63) is 76.8 Å². The van der Waals surface area contributed by atoms with Gasteiger partial charge in [-0.05, 0) is 35.9 Å². The zero-order valence-electron chi connectivity index (χ0n) is 13.2. The number of nitrogens with one attached hydrogen (secondary N) is 1. The number of benzene rings is 2. The second kappa shape index (κ2) is 7.17. The maximum atomic E-state index is 12.8. The number of hydrogen-bond donors (Lipinski definition) is 1. The van der Waals surface area contributed by atoms with Crippen LogP contribution in [0.15, 0.2) is 54.9 Å². The molecular formula is C17H12ClF3N4O. The number of halogens is 4. The van der Waals surface area contributed by atoms with Gasteiger partial charge >= 0.3 is 6.18 Å². The molecule has 0 saturated carbocycles. The molecule has 1 heterocycles.